The molecule has 8 heteroatoms. The Morgan fingerprint density at radius 2 is 1.62 bits per heavy atom. The van der Waals surface area contributed by atoms with Crippen molar-refractivity contribution in [3.8, 4) is 0 Å². The van der Waals surface area contributed by atoms with E-state index in [1.165, 1.54) is 0 Å². The minimum Gasteiger partial charge on any atom is -0.350 e. The predicted molar refractivity (Wildman–Crippen MR) is 126 cm³/mol. The van der Waals surface area contributed by atoms with Crippen molar-refractivity contribution in [1.82, 2.24) is 21.3 Å². The number of nitrogens with one attached hydrogen (secondary N) is 5. The van der Waals surface area contributed by atoms with E-state index in [1.54, 1.807) is 7.05 Å². The summed E-state index contributed by atoms with van der Waals surface area (Å²) in [5.74, 6) is -0.329. The Morgan fingerprint density at radius 3 is 2.25 bits per heavy atom. The average molecular weight is 440 g/mol. The monoisotopic (exact) mass is 439 g/mol. The molecule has 2 atom stereocenters. The third-order valence-corrected chi connectivity index (χ3v) is 5.14. The molecule has 0 saturated heterocycles. The van der Waals surface area contributed by atoms with Gasteiger partial charge < -0.3 is 26.6 Å². The molecule has 0 aliphatic carbocycles. The maximum absolute atomic E-state index is 12.5. The van der Waals surface area contributed by atoms with Crippen molar-refractivity contribution < 1.29 is 14.4 Å². The van der Waals surface area contributed by atoms with Gasteiger partial charge in [-0.3, -0.25) is 14.4 Å². The molecule has 0 heterocycles. The molecule has 8 nitrogen and oxygen atoms in total. The smallest absolute Gasteiger partial charge is 0.243 e. The summed E-state index contributed by atoms with van der Waals surface area (Å²) < 4.78 is 0. The first-order valence-electron chi connectivity index (χ1n) is 10.8. The first kappa shape index (κ1) is 25.0. The lowest BCUT2D eigenvalue weighted by Crippen LogP contribution is -2.44. The highest BCUT2D eigenvalue weighted by Gasteiger charge is 2.18. The molecule has 0 aliphatic rings. The Balaban J connectivity index is 1.86. The van der Waals surface area contributed by atoms with Crippen molar-refractivity contribution in [2.24, 2.45) is 0 Å². The Hall–Kier alpha value is -3.23. The van der Waals surface area contributed by atoms with Gasteiger partial charge in [0, 0.05) is 18.7 Å². The first-order valence-corrected chi connectivity index (χ1v) is 10.8. The number of anilines is 1. The van der Waals surface area contributed by atoms with Gasteiger partial charge in [-0.25, -0.2) is 0 Å². The van der Waals surface area contributed by atoms with Crippen molar-refractivity contribution >= 4 is 23.9 Å². The number of benzene rings is 2. The molecule has 172 valence electrons. The lowest BCUT2D eigenvalue weighted by atomic mass is 10.1. The van der Waals surface area contributed by atoms with Crippen LogP contribution in [0.4, 0.5) is 5.69 Å². The van der Waals surface area contributed by atoms with E-state index in [4.69, 9.17) is 0 Å². The average Bonchev–Trinajstić information content (AvgIpc) is 2.81. The molecule has 3 amide bonds. The second kappa shape index (κ2) is 14.0. The Bertz CT molecular complexity index is 842. The summed E-state index contributed by atoms with van der Waals surface area (Å²) in [6.07, 6.45) is 2.60. The number of rotatable bonds is 14. The molecule has 2 aromatic rings. The largest absolute Gasteiger partial charge is 0.350 e. The van der Waals surface area contributed by atoms with Crippen LogP contribution >= 0.6 is 0 Å². The molecule has 0 aromatic heterocycles. The van der Waals surface area contributed by atoms with Crippen LogP contribution in [0.5, 0.6) is 0 Å². The van der Waals surface area contributed by atoms with Crippen molar-refractivity contribution in [2.75, 3.05) is 26.0 Å². The van der Waals surface area contributed by atoms with Gasteiger partial charge in [0.15, 0.2) is 0 Å². The van der Waals surface area contributed by atoms with Gasteiger partial charge in [-0.1, -0.05) is 42.5 Å². The summed E-state index contributed by atoms with van der Waals surface area (Å²) in [5.41, 5.74) is 2.55. The Morgan fingerprint density at radius 1 is 0.906 bits per heavy atom. The van der Waals surface area contributed by atoms with Gasteiger partial charge in [-0.05, 0) is 56.7 Å². The SMILES string of the molecule is CNCCCC(NC)C(=O)Nc1ccc(CNC(=O)C(Cc2ccccc2)NC=O)cc1. The number of likely N-dealkylation sites (N-methyl/N-ethyl adjacent to an activating group) is 1. The zero-order chi connectivity index (χ0) is 23.2. The van der Waals surface area contributed by atoms with Crippen LogP contribution in [0.25, 0.3) is 0 Å². The van der Waals surface area contributed by atoms with Gasteiger partial charge in [-0.15, -0.1) is 0 Å². The van der Waals surface area contributed by atoms with Crippen LogP contribution in [0.3, 0.4) is 0 Å². The summed E-state index contributed by atoms with van der Waals surface area (Å²) in [7, 11) is 3.67. The minimum atomic E-state index is -0.644. The van der Waals surface area contributed by atoms with Gasteiger partial charge in [0.2, 0.25) is 18.2 Å². The van der Waals surface area contributed by atoms with Crippen LogP contribution < -0.4 is 26.6 Å². The standard InChI is InChI=1S/C24H33N5O3/c1-25-14-6-9-21(26-2)24(32)29-20-12-10-19(11-13-20)16-27-23(31)22(28-17-30)15-18-7-4-3-5-8-18/h3-5,7-8,10-13,17,21-22,25-26H,6,9,14-16H2,1-2H3,(H,27,31)(H,28,30)(H,29,32). The Labute approximate surface area is 189 Å². The van der Waals surface area contributed by atoms with E-state index in [-0.39, 0.29) is 17.9 Å². The fraction of sp³-hybridized carbons (Fsp3) is 0.375. The number of carbonyl (C=O) groups is 3. The fourth-order valence-electron chi connectivity index (χ4n) is 3.30. The van der Waals surface area contributed by atoms with Gasteiger partial charge in [0.1, 0.15) is 6.04 Å². The van der Waals surface area contributed by atoms with Crippen LogP contribution in [0.2, 0.25) is 0 Å². The summed E-state index contributed by atoms with van der Waals surface area (Å²) in [6.45, 7) is 1.18. The van der Waals surface area contributed by atoms with E-state index in [0.29, 0.717) is 25.1 Å². The normalized spacial score (nSPS) is 12.4. The van der Waals surface area contributed by atoms with Crippen LogP contribution in [-0.2, 0) is 27.3 Å². The Kier molecular flexibility index (Phi) is 10.9. The molecule has 0 aliphatic heterocycles. The molecular weight excluding hydrogens is 406 g/mol. The van der Waals surface area contributed by atoms with Crippen LogP contribution in [0, 0.1) is 0 Å². The highest BCUT2D eigenvalue weighted by molar-refractivity contribution is 5.94. The van der Waals surface area contributed by atoms with Crippen molar-refractivity contribution in [3.63, 3.8) is 0 Å². The van der Waals surface area contributed by atoms with Gasteiger partial charge in [-0.2, -0.15) is 0 Å². The van der Waals surface area contributed by atoms with E-state index >= 15 is 0 Å². The third kappa shape index (κ3) is 8.49. The van der Waals surface area contributed by atoms with E-state index < -0.39 is 6.04 Å². The summed E-state index contributed by atoms with van der Waals surface area (Å²) in [5, 5.41) is 14.5. The molecule has 2 rings (SSSR count). The van der Waals surface area contributed by atoms with Crippen LogP contribution in [0.15, 0.2) is 54.6 Å². The van der Waals surface area contributed by atoms with Gasteiger partial charge >= 0.3 is 0 Å². The third-order valence-electron chi connectivity index (χ3n) is 5.14. The molecule has 0 fully saturated rings. The number of amides is 3. The quantitative estimate of drug-likeness (QED) is 0.224. The molecule has 2 unspecified atom stereocenters. The molecule has 0 bridgehead atoms. The number of hydrogen-bond acceptors (Lipinski definition) is 5. The second-order valence-electron chi connectivity index (χ2n) is 7.52. The summed E-state index contributed by atoms with van der Waals surface area (Å²) in [4.78, 5) is 35.9. The van der Waals surface area contributed by atoms with Crippen molar-refractivity contribution in [3.05, 3.63) is 65.7 Å². The molecule has 32 heavy (non-hydrogen) atoms. The van der Waals surface area contributed by atoms with Gasteiger partial charge in [0.25, 0.3) is 0 Å². The summed E-state index contributed by atoms with van der Waals surface area (Å²) in [6, 6.07) is 16.0. The molecule has 0 radical (unpaired) electrons. The number of hydrogen-bond donors (Lipinski definition) is 5. The second-order valence-corrected chi connectivity index (χ2v) is 7.52. The maximum Gasteiger partial charge on any atom is 0.243 e. The van der Waals surface area contributed by atoms with E-state index in [0.717, 1.165) is 30.5 Å². The summed E-state index contributed by atoms with van der Waals surface area (Å²) >= 11 is 0. The van der Waals surface area contributed by atoms with Crippen LogP contribution in [0.1, 0.15) is 24.0 Å². The highest BCUT2D eigenvalue weighted by Crippen LogP contribution is 2.11. The maximum atomic E-state index is 12.5. The fourth-order valence-corrected chi connectivity index (χ4v) is 3.30. The number of carbonyl (C=O) groups excluding carboxylic acids is 3. The molecule has 0 spiro atoms. The highest BCUT2D eigenvalue weighted by atomic mass is 16.2. The minimum absolute atomic E-state index is 0.0756. The molecular formula is C24H33N5O3. The predicted octanol–water partition coefficient (Wildman–Crippen LogP) is 1.19. The van der Waals surface area contributed by atoms with E-state index in [1.807, 2.05) is 61.6 Å². The molecule has 0 saturated carbocycles. The van der Waals surface area contributed by atoms with E-state index in [9.17, 15) is 14.4 Å². The molecule has 5 N–H and O–H groups in total. The zero-order valence-electron chi connectivity index (χ0n) is 18.7. The van der Waals surface area contributed by atoms with Crippen LogP contribution in [-0.4, -0.2) is 50.9 Å². The van der Waals surface area contributed by atoms with E-state index in [2.05, 4.69) is 26.6 Å². The lowest BCUT2D eigenvalue weighted by Gasteiger charge is -2.17. The zero-order valence-corrected chi connectivity index (χ0v) is 18.7. The van der Waals surface area contributed by atoms with Gasteiger partial charge in [0.05, 0.1) is 6.04 Å². The van der Waals surface area contributed by atoms with Crippen molar-refractivity contribution in [2.45, 2.75) is 37.9 Å². The lowest BCUT2D eigenvalue weighted by molar-refractivity contribution is -0.125. The van der Waals surface area contributed by atoms with Crippen molar-refractivity contribution in [1.29, 1.82) is 0 Å². The topological polar surface area (TPSA) is 111 Å². The first-order chi connectivity index (χ1) is 15.6. The molecule has 2 aromatic carbocycles.